The minimum atomic E-state index is -3.95. The largest absolute Gasteiger partial charge is 0.481 e. The number of benzene rings is 1. The molecule has 112 valence electrons. The quantitative estimate of drug-likeness (QED) is 0.864. The van der Waals surface area contributed by atoms with Crippen LogP contribution in [0.5, 0.6) is 0 Å². The van der Waals surface area contributed by atoms with Crippen molar-refractivity contribution in [1.82, 2.24) is 4.31 Å². The molecule has 1 unspecified atom stereocenters. The molecule has 0 saturated heterocycles. The molecule has 0 heterocycles. The van der Waals surface area contributed by atoms with Crippen LogP contribution in [-0.4, -0.2) is 36.4 Å². The lowest BCUT2D eigenvalue weighted by atomic mass is 10.2. The zero-order valence-corrected chi connectivity index (χ0v) is 13.3. The van der Waals surface area contributed by atoms with E-state index in [1.54, 1.807) is 13.0 Å². The van der Waals surface area contributed by atoms with Crippen LogP contribution in [-0.2, 0) is 14.8 Å². The summed E-state index contributed by atoms with van der Waals surface area (Å²) in [6.45, 7) is 3.28. The minimum absolute atomic E-state index is 0.0125. The first-order chi connectivity index (χ1) is 9.21. The summed E-state index contributed by atoms with van der Waals surface area (Å²) in [7, 11) is -3.95. The van der Waals surface area contributed by atoms with Gasteiger partial charge in [-0.1, -0.05) is 36.2 Å². The van der Waals surface area contributed by atoms with Crippen LogP contribution in [0.2, 0.25) is 10.0 Å². The Kier molecular flexibility index (Phi) is 5.82. The molecule has 0 radical (unpaired) electrons. The normalized spacial score (nSPS) is 13.4. The van der Waals surface area contributed by atoms with Gasteiger partial charge in [0.05, 0.1) is 16.5 Å². The van der Waals surface area contributed by atoms with Crippen LogP contribution in [0.4, 0.5) is 0 Å². The molecule has 1 aromatic rings. The standard InChI is InChI=1S/C12H15Cl2NO4S/c1-3-15(8(2)7-11(16)17)20(18,19)12-9(13)5-4-6-10(12)14/h4-6,8H,3,7H2,1-2H3,(H,16,17). The monoisotopic (exact) mass is 339 g/mol. The third-order valence-electron chi connectivity index (χ3n) is 2.76. The second-order valence-electron chi connectivity index (χ2n) is 4.21. The number of sulfonamides is 1. The molecule has 0 aromatic heterocycles. The molecule has 0 amide bonds. The van der Waals surface area contributed by atoms with Crippen LogP contribution in [0.25, 0.3) is 0 Å². The molecule has 0 bridgehead atoms. The van der Waals surface area contributed by atoms with Crippen molar-refractivity contribution in [2.24, 2.45) is 0 Å². The summed E-state index contributed by atoms with van der Waals surface area (Å²) in [6, 6.07) is 3.70. The molecule has 1 atom stereocenters. The van der Waals surface area contributed by atoms with Crippen molar-refractivity contribution in [3.63, 3.8) is 0 Å². The van der Waals surface area contributed by atoms with Crippen LogP contribution in [0.15, 0.2) is 23.1 Å². The average Bonchev–Trinajstić information content (AvgIpc) is 2.27. The molecular weight excluding hydrogens is 325 g/mol. The third-order valence-corrected chi connectivity index (χ3v) is 5.80. The number of hydrogen-bond donors (Lipinski definition) is 1. The molecule has 1 N–H and O–H groups in total. The van der Waals surface area contributed by atoms with Crippen molar-refractivity contribution in [3.05, 3.63) is 28.2 Å². The third kappa shape index (κ3) is 3.63. The Morgan fingerprint density at radius 2 is 1.85 bits per heavy atom. The summed E-state index contributed by atoms with van der Waals surface area (Å²) in [5.41, 5.74) is 0. The maximum atomic E-state index is 12.6. The van der Waals surface area contributed by atoms with Crippen LogP contribution in [0, 0.1) is 0 Å². The van der Waals surface area contributed by atoms with Crippen LogP contribution < -0.4 is 0 Å². The van der Waals surface area contributed by atoms with Crippen molar-refractivity contribution >= 4 is 39.2 Å². The predicted octanol–water partition coefficient (Wildman–Crippen LogP) is 2.87. The van der Waals surface area contributed by atoms with Crippen LogP contribution >= 0.6 is 23.2 Å². The summed E-state index contributed by atoms with van der Waals surface area (Å²) in [6.07, 6.45) is -0.296. The topological polar surface area (TPSA) is 74.7 Å². The molecule has 0 saturated carbocycles. The first-order valence-corrected chi connectivity index (χ1v) is 8.09. The van der Waals surface area contributed by atoms with E-state index in [0.717, 1.165) is 4.31 Å². The number of carboxylic acid groups (broad SMARTS) is 1. The molecule has 5 nitrogen and oxygen atoms in total. The lowest BCUT2D eigenvalue weighted by Crippen LogP contribution is -2.39. The zero-order chi connectivity index (χ0) is 15.5. The van der Waals surface area contributed by atoms with Gasteiger partial charge in [0.1, 0.15) is 4.90 Å². The van der Waals surface area contributed by atoms with Gasteiger partial charge in [-0.15, -0.1) is 0 Å². The van der Waals surface area contributed by atoms with Crippen LogP contribution in [0.3, 0.4) is 0 Å². The van der Waals surface area contributed by atoms with Crippen molar-refractivity contribution in [2.45, 2.75) is 31.2 Å². The van der Waals surface area contributed by atoms with E-state index in [1.807, 2.05) is 0 Å². The Bertz CT molecular complexity index is 583. The van der Waals surface area contributed by atoms with E-state index in [1.165, 1.54) is 19.1 Å². The average molecular weight is 340 g/mol. The van der Waals surface area contributed by atoms with Gasteiger partial charge in [0.2, 0.25) is 10.0 Å². The Morgan fingerprint density at radius 1 is 1.35 bits per heavy atom. The number of carboxylic acids is 1. The van der Waals surface area contributed by atoms with E-state index in [-0.39, 0.29) is 27.9 Å². The molecular formula is C12H15Cl2NO4S. The SMILES string of the molecule is CCN(C(C)CC(=O)O)S(=O)(=O)c1c(Cl)cccc1Cl. The van der Waals surface area contributed by atoms with E-state index in [2.05, 4.69) is 0 Å². The highest BCUT2D eigenvalue weighted by molar-refractivity contribution is 7.89. The van der Waals surface area contributed by atoms with Gasteiger partial charge in [-0.2, -0.15) is 4.31 Å². The first-order valence-electron chi connectivity index (χ1n) is 5.89. The molecule has 0 aliphatic carbocycles. The van der Waals surface area contributed by atoms with Crippen molar-refractivity contribution < 1.29 is 18.3 Å². The first kappa shape index (κ1) is 17.2. The van der Waals surface area contributed by atoms with E-state index < -0.39 is 22.0 Å². The van der Waals surface area contributed by atoms with Gasteiger partial charge >= 0.3 is 5.97 Å². The fraction of sp³-hybridized carbons (Fsp3) is 0.417. The minimum Gasteiger partial charge on any atom is -0.481 e. The second-order valence-corrected chi connectivity index (χ2v) is 6.85. The Morgan fingerprint density at radius 3 is 2.25 bits per heavy atom. The van der Waals surface area contributed by atoms with E-state index in [4.69, 9.17) is 28.3 Å². The summed E-state index contributed by atoms with van der Waals surface area (Å²) < 4.78 is 26.3. The summed E-state index contributed by atoms with van der Waals surface area (Å²) in [4.78, 5) is 10.6. The molecule has 0 fully saturated rings. The lowest BCUT2D eigenvalue weighted by Gasteiger charge is -2.26. The molecule has 1 rings (SSSR count). The van der Waals surface area contributed by atoms with E-state index >= 15 is 0 Å². The van der Waals surface area contributed by atoms with Gasteiger partial charge < -0.3 is 5.11 Å². The van der Waals surface area contributed by atoms with E-state index in [9.17, 15) is 13.2 Å². The lowest BCUT2D eigenvalue weighted by molar-refractivity contribution is -0.137. The van der Waals surface area contributed by atoms with Gasteiger partial charge in [-0.25, -0.2) is 8.42 Å². The van der Waals surface area contributed by atoms with Gasteiger partial charge in [0.25, 0.3) is 0 Å². The number of nitrogens with zero attached hydrogens (tertiary/aromatic N) is 1. The van der Waals surface area contributed by atoms with Crippen LogP contribution in [0.1, 0.15) is 20.3 Å². The second kappa shape index (κ2) is 6.76. The molecule has 8 heteroatoms. The zero-order valence-electron chi connectivity index (χ0n) is 11.0. The Hall–Kier alpha value is -0.820. The highest BCUT2D eigenvalue weighted by Gasteiger charge is 2.32. The highest BCUT2D eigenvalue weighted by atomic mass is 35.5. The summed E-state index contributed by atoms with van der Waals surface area (Å²) in [5.74, 6) is -1.07. The van der Waals surface area contributed by atoms with Gasteiger partial charge in [-0.3, -0.25) is 4.79 Å². The fourth-order valence-electron chi connectivity index (χ4n) is 1.92. The maximum absolute atomic E-state index is 12.6. The molecule has 1 aromatic carbocycles. The summed E-state index contributed by atoms with van der Waals surface area (Å²) in [5, 5.41) is 8.83. The highest BCUT2D eigenvalue weighted by Crippen LogP contribution is 2.32. The summed E-state index contributed by atoms with van der Waals surface area (Å²) >= 11 is 11.8. The van der Waals surface area contributed by atoms with Crippen molar-refractivity contribution in [3.8, 4) is 0 Å². The predicted molar refractivity (Wildman–Crippen MR) is 77.7 cm³/mol. The maximum Gasteiger partial charge on any atom is 0.304 e. The molecule has 0 aliphatic heterocycles. The van der Waals surface area contributed by atoms with Gasteiger partial charge in [0.15, 0.2) is 0 Å². The van der Waals surface area contributed by atoms with E-state index in [0.29, 0.717) is 0 Å². The molecule has 0 spiro atoms. The van der Waals surface area contributed by atoms with Crippen molar-refractivity contribution in [1.29, 1.82) is 0 Å². The van der Waals surface area contributed by atoms with Crippen molar-refractivity contribution in [2.75, 3.05) is 6.54 Å². The molecule has 20 heavy (non-hydrogen) atoms. The Labute approximate surface area is 128 Å². The number of hydrogen-bond acceptors (Lipinski definition) is 3. The smallest absolute Gasteiger partial charge is 0.304 e. The number of halogens is 2. The number of rotatable bonds is 6. The number of aliphatic carboxylic acids is 1. The number of carbonyl (C=O) groups is 1. The Balaban J connectivity index is 3.29. The molecule has 0 aliphatic rings. The van der Waals surface area contributed by atoms with Gasteiger partial charge in [0, 0.05) is 12.6 Å². The van der Waals surface area contributed by atoms with Gasteiger partial charge in [-0.05, 0) is 19.1 Å². The fourth-order valence-corrected chi connectivity index (χ4v) is 4.65.